The zero-order chi connectivity index (χ0) is 8.48. The highest BCUT2D eigenvalue weighted by molar-refractivity contribution is 5.12. The van der Waals surface area contributed by atoms with Gasteiger partial charge in [-0.05, 0) is 13.0 Å². The van der Waals surface area contributed by atoms with Crippen molar-refractivity contribution in [1.29, 1.82) is 0 Å². The molecule has 0 aromatic carbocycles. The lowest BCUT2D eigenvalue weighted by Gasteiger charge is -2.07. The number of halogens is 2. The SMILES string of the molecule is Cc1cc(C(F)(F)CO)n[nH]1. The second kappa shape index (κ2) is 2.58. The Morgan fingerprint density at radius 1 is 1.73 bits per heavy atom. The quantitative estimate of drug-likeness (QED) is 0.675. The molecule has 0 radical (unpaired) electrons. The Morgan fingerprint density at radius 2 is 2.36 bits per heavy atom. The van der Waals surface area contributed by atoms with Crippen LogP contribution in [0.5, 0.6) is 0 Å². The Labute approximate surface area is 62.0 Å². The molecule has 1 aromatic rings. The molecule has 0 aliphatic rings. The number of aromatic nitrogens is 2. The molecular formula is C6H8F2N2O. The van der Waals surface area contributed by atoms with E-state index in [4.69, 9.17) is 5.11 Å². The molecule has 3 nitrogen and oxygen atoms in total. The van der Waals surface area contributed by atoms with Crippen molar-refractivity contribution in [2.45, 2.75) is 12.8 Å². The van der Waals surface area contributed by atoms with Gasteiger partial charge in [-0.3, -0.25) is 5.10 Å². The maximum absolute atomic E-state index is 12.6. The molecule has 0 fully saturated rings. The van der Waals surface area contributed by atoms with E-state index in [-0.39, 0.29) is 0 Å². The van der Waals surface area contributed by atoms with Crippen molar-refractivity contribution in [2.24, 2.45) is 0 Å². The van der Waals surface area contributed by atoms with Crippen LogP contribution in [-0.4, -0.2) is 21.9 Å². The third-order valence-electron chi connectivity index (χ3n) is 1.28. The zero-order valence-corrected chi connectivity index (χ0v) is 5.93. The van der Waals surface area contributed by atoms with E-state index in [0.717, 1.165) is 0 Å². The smallest absolute Gasteiger partial charge is 0.313 e. The Bertz CT molecular complexity index is 246. The first kappa shape index (κ1) is 8.13. The molecule has 0 unspecified atom stereocenters. The minimum atomic E-state index is -3.23. The molecule has 0 spiro atoms. The lowest BCUT2D eigenvalue weighted by Crippen LogP contribution is -2.18. The van der Waals surface area contributed by atoms with Crippen molar-refractivity contribution in [2.75, 3.05) is 6.61 Å². The summed E-state index contributed by atoms with van der Waals surface area (Å²) in [4.78, 5) is 0. The van der Waals surface area contributed by atoms with Gasteiger partial charge in [0.25, 0.3) is 0 Å². The summed E-state index contributed by atoms with van der Waals surface area (Å²) in [5.74, 6) is -3.23. The van der Waals surface area contributed by atoms with Crippen molar-refractivity contribution < 1.29 is 13.9 Å². The summed E-state index contributed by atoms with van der Waals surface area (Å²) in [6.45, 7) is 0.404. The van der Waals surface area contributed by atoms with Crippen LogP contribution in [0.25, 0.3) is 0 Å². The lowest BCUT2D eigenvalue weighted by atomic mass is 10.2. The van der Waals surface area contributed by atoms with E-state index in [1.54, 1.807) is 6.92 Å². The highest BCUT2D eigenvalue weighted by atomic mass is 19.3. The average molecular weight is 162 g/mol. The van der Waals surface area contributed by atoms with Gasteiger partial charge in [-0.1, -0.05) is 0 Å². The van der Waals surface area contributed by atoms with Crippen LogP contribution >= 0.6 is 0 Å². The number of hydrogen-bond acceptors (Lipinski definition) is 2. The van der Waals surface area contributed by atoms with Gasteiger partial charge in [0.2, 0.25) is 0 Å². The molecule has 1 aromatic heterocycles. The van der Waals surface area contributed by atoms with Gasteiger partial charge >= 0.3 is 5.92 Å². The van der Waals surface area contributed by atoms with E-state index in [0.29, 0.717) is 5.69 Å². The molecule has 1 rings (SSSR count). The van der Waals surface area contributed by atoms with Gasteiger partial charge in [0.05, 0.1) is 0 Å². The Balaban J connectivity index is 2.92. The highest BCUT2D eigenvalue weighted by Crippen LogP contribution is 2.25. The van der Waals surface area contributed by atoms with Crippen LogP contribution < -0.4 is 0 Å². The molecule has 62 valence electrons. The molecule has 0 saturated heterocycles. The summed E-state index contributed by atoms with van der Waals surface area (Å²) in [5, 5.41) is 13.9. The zero-order valence-electron chi connectivity index (χ0n) is 5.93. The fourth-order valence-corrected chi connectivity index (χ4v) is 0.686. The van der Waals surface area contributed by atoms with Crippen molar-refractivity contribution in [3.63, 3.8) is 0 Å². The number of alkyl halides is 2. The number of aliphatic hydroxyl groups excluding tert-OH is 1. The second-order valence-corrected chi connectivity index (χ2v) is 2.30. The Kier molecular flexibility index (Phi) is 1.90. The normalized spacial score (nSPS) is 12.0. The number of nitrogens with zero attached hydrogens (tertiary/aromatic N) is 1. The number of nitrogens with one attached hydrogen (secondary N) is 1. The summed E-state index contributed by atoms with van der Waals surface area (Å²) in [6, 6.07) is 1.20. The molecule has 1 heterocycles. The standard InChI is InChI=1S/C6H8F2N2O/c1-4-2-5(10-9-4)6(7,8)3-11/h2,11H,3H2,1H3,(H,9,10). The first-order chi connectivity index (χ1) is 5.06. The summed E-state index contributed by atoms with van der Waals surface area (Å²) in [5.41, 5.74) is 0.130. The largest absolute Gasteiger partial charge is 0.390 e. The molecule has 2 N–H and O–H groups in total. The molecule has 0 amide bonds. The highest BCUT2D eigenvalue weighted by Gasteiger charge is 2.33. The minimum Gasteiger partial charge on any atom is -0.390 e. The van der Waals surface area contributed by atoms with Gasteiger partial charge in [-0.15, -0.1) is 0 Å². The van der Waals surface area contributed by atoms with Crippen LogP contribution in [-0.2, 0) is 5.92 Å². The molecule has 0 aliphatic heterocycles. The number of aromatic amines is 1. The number of aryl methyl sites for hydroxylation is 1. The third-order valence-corrected chi connectivity index (χ3v) is 1.28. The summed E-state index contributed by atoms with van der Waals surface area (Å²) < 4.78 is 25.1. The number of rotatable bonds is 2. The minimum absolute atomic E-state index is 0.419. The van der Waals surface area contributed by atoms with Gasteiger partial charge in [-0.25, -0.2) is 0 Å². The van der Waals surface area contributed by atoms with Crippen molar-refractivity contribution in [3.05, 3.63) is 17.5 Å². The van der Waals surface area contributed by atoms with Crippen LogP contribution in [0.3, 0.4) is 0 Å². The predicted molar refractivity (Wildman–Crippen MR) is 34.3 cm³/mol. The molecule has 5 heteroatoms. The second-order valence-electron chi connectivity index (χ2n) is 2.30. The molecule has 0 aliphatic carbocycles. The molecular weight excluding hydrogens is 154 g/mol. The number of H-pyrrole nitrogens is 1. The Morgan fingerprint density at radius 3 is 2.73 bits per heavy atom. The molecule has 0 atom stereocenters. The van der Waals surface area contributed by atoms with E-state index in [1.807, 2.05) is 0 Å². The van der Waals surface area contributed by atoms with E-state index in [9.17, 15) is 8.78 Å². The number of hydrogen-bond donors (Lipinski definition) is 2. The predicted octanol–water partition coefficient (Wildman–Crippen LogP) is 0.802. The molecule has 0 saturated carbocycles. The topological polar surface area (TPSA) is 48.9 Å². The van der Waals surface area contributed by atoms with Gasteiger partial charge in [0, 0.05) is 5.69 Å². The number of aliphatic hydroxyl groups is 1. The van der Waals surface area contributed by atoms with E-state index in [2.05, 4.69) is 10.2 Å². The van der Waals surface area contributed by atoms with E-state index >= 15 is 0 Å². The maximum atomic E-state index is 12.6. The van der Waals surface area contributed by atoms with Crippen molar-refractivity contribution in [1.82, 2.24) is 10.2 Å². The van der Waals surface area contributed by atoms with Gasteiger partial charge in [-0.2, -0.15) is 13.9 Å². The van der Waals surface area contributed by atoms with Crippen LogP contribution in [0, 0.1) is 6.92 Å². The van der Waals surface area contributed by atoms with Crippen LogP contribution in [0.15, 0.2) is 6.07 Å². The monoisotopic (exact) mass is 162 g/mol. The lowest BCUT2D eigenvalue weighted by molar-refractivity contribution is -0.0592. The fourth-order valence-electron chi connectivity index (χ4n) is 0.686. The maximum Gasteiger partial charge on any atom is 0.313 e. The van der Waals surface area contributed by atoms with Crippen molar-refractivity contribution in [3.8, 4) is 0 Å². The third kappa shape index (κ3) is 1.54. The summed E-state index contributed by atoms with van der Waals surface area (Å²) >= 11 is 0. The average Bonchev–Trinajstić information content (AvgIpc) is 2.36. The summed E-state index contributed by atoms with van der Waals surface area (Å²) in [7, 11) is 0. The van der Waals surface area contributed by atoms with Crippen LogP contribution in [0.4, 0.5) is 8.78 Å². The van der Waals surface area contributed by atoms with Gasteiger partial charge in [0.15, 0.2) is 0 Å². The first-order valence-electron chi connectivity index (χ1n) is 3.07. The van der Waals surface area contributed by atoms with Gasteiger partial charge < -0.3 is 5.11 Å². The van der Waals surface area contributed by atoms with Crippen LogP contribution in [0.2, 0.25) is 0 Å². The Hall–Kier alpha value is -0.970. The van der Waals surface area contributed by atoms with E-state index < -0.39 is 18.2 Å². The fraction of sp³-hybridized carbons (Fsp3) is 0.500. The molecule has 0 bridgehead atoms. The first-order valence-corrected chi connectivity index (χ1v) is 3.07. The molecule has 11 heavy (non-hydrogen) atoms. The van der Waals surface area contributed by atoms with E-state index in [1.165, 1.54) is 6.07 Å². The van der Waals surface area contributed by atoms with Gasteiger partial charge in [0.1, 0.15) is 12.3 Å². The summed E-state index contributed by atoms with van der Waals surface area (Å²) in [6.07, 6.45) is 0. The van der Waals surface area contributed by atoms with Crippen LogP contribution in [0.1, 0.15) is 11.4 Å². The van der Waals surface area contributed by atoms with Crippen molar-refractivity contribution >= 4 is 0 Å².